The Morgan fingerprint density at radius 2 is 1.62 bits per heavy atom. The number of carbonyl (C=O) groups excluding carboxylic acids is 1. The van der Waals surface area contributed by atoms with Crippen LogP contribution in [0.25, 0.3) is 0 Å². The lowest BCUT2D eigenvalue weighted by Gasteiger charge is -2.37. The molecule has 0 spiro atoms. The lowest BCUT2D eigenvalue weighted by Crippen LogP contribution is -2.53. The summed E-state index contributed by atoms with van der Waals surface area (Å²) in [6.07, 6.45) is 0. The molecule has 0 aromatic heterocycles. The fourth-order valence-corrected chi connectivity index (χ4v) is 3.36. The molecular weight excluding hydrogens is 322 g/mol. The van der Waals surface area contributed by atoms with Crippen molar-refractivity contribution in [2.45, 2.75) is 33.0 Å². The average Bonchev–Trinajstić information content (AvgIpc) is 2.68. The Hall–Kier alpha value is -2.17. The van der Waals surface area contributed by atoms with Gasteiger partial charge in [-0.3, -0.25) is 14.6 Å². The Kier molecular flexibility index (Phi) is 6.42. The van der Waals surface area contributed by atoms with Crippen LogP contribution in [-0.2, 0) is 17.9 Å². The van der Waals surface area contributed by atoms with E-state index in [1.54, 1.807) is 0 Å². The average molecular weight is 351 g/mol. The summed E-state index contributed by atoms with van der Waals surface area (Å²) in [4.78, 5) is 17.2. The monoisotopic (exact) mass is 351 g/mol. The van der Waals surface area contributed by atoms with Crippen molar-refractivity contribution in [2.75, 3.05) is 26.2 Å². The van der Waals surface area contributed by atoms with E-state index in [0.717, 1.165) is 38.3 Å². The SMILES string of the molecule is Cc1ccc(CNC(=O)C(C)N2CCN(Cc3ccccc3)CC2)cc1. The fraction of sp³-hybridized carbons (Fsp3) is 0.409. The minimum absolute atomic E-state index is 0.0840. The van der Waals surface area contributed by atoms with Gasteiger partial charge < -0.3 is 5.32 Å². The standard InChI is InChI=1S/C22H29N3O/c1-18-8-10-20(11-9-18)16-23-22(26)19(2)25-14-12-24(13-15-25)17-21-6-4-3-5-7-21/h3-11,19H,12-17H2,1-2H3,(H,23,26). The molecule has 2 aromatic rings. The van der Waals surface area contributed by atoms with E-state index in [1.165, 1.54) is 11.1 Å². The number of carbonyl (C=O) groups is 1. The van der Waals surface area contributed by atoms with Crippen molar-refractivity contribution in [3.8, 4) is 0 Å². The van der Waals surface area contributed by atoms with Crippen LogP contribution in [0, 0.1) is 6.92 Å². The van der Waals surface area contributed by atoms with E-state index in [1.807, 2.05) is 6.92 Å². The number of benzene rings is 2. The maximum atomic E-state index is 12.5. The summed E-state index contributed by atoms with van der Waals surface area (Å²) in [7, 11) is 0. The van der Waals surface area contributed by atoms with Crippen LogP contribution in [-0.4, -0.2) is 47.9 Å². The Morgan fingerprint density at radius 3 is 2.27 bits per heavy atom. The molecule has 0 radical (unpaired) electrons. The maximum absolute atomic E-state index is 12.5. The summed E-state index contributed by atoms with van der Waals surface area (Å²) < 4.78 is 0. The molecule has 1 N–H and O–H groups in total. The summed E-state index contributed by atoms with van der Waals surface area (Å²) in [5.74, 6) is 0.113. The number of hydrogen-bond acceptors (Lipinski definition) is 3. The van der Waals surface area contributed by atoms with Crippen molar-refractivity contribution < 1.29 is 4.79 Å². The van der Waals surface area contributed by atoms with E-state index in [-0.39, 0.29) is 11.9 Å². The summed E-state index contributed by atoms with van der Waals surface area (Å²) in [5.41, 5.74) is 3.73. The zero-order valence-electron chi connectivity index (χ0n) is 15.8. The topological polar surface area (TPSA) is 35.6 Å². The summed E-state index contributed by atoms with van der Waals surface area (Å²) in [6.45, 7) is 9.55. The van der Waals surface area contributed by atoms with Gasteiger partial charge >= 0.3 is 0 Å². The molecule has 138 valence electrons. The Labute approximate surface area is 156 Å². The normalized spacial score (nSPS) is 17.0. The van der Waals surface area contributed by atoms with E-state index in [4.69, 9.17) is 0 Å². The van der Waals surface area contributed by atoms with Gasteiger partial charge in [-0.1, -0.05) is 60.2 Å². The second-order valence-corrected chi connectivity index (χ2v) is 7.18. The summed E-state index contributed by atoms with van der Waals surface area (Å²) in [5, 5.41) is 3.07. The summed E-state index contributed by atoms with van der Waals surface area (Å²) >= 11 is 0. The molecule has 3 rings (SSSR count). The lowest BCUT2D eigenvalue weighted by atomic mass is 10.1. The van der Waals surface area contributed by atoms with Gasteiger partial charge in [-0.2, -0.15) is 0 Å². The van der Waals surface area contributed by atoms with Crippen molar-refractivity contribution in [2.24, 2.45) is 0 Å². The largest absolute Gasteiger partial charge is 0.351 e. The van der Waals surface area contributed by atoms with Gasteiger partial charge in [0.2, 0.25) is 5.91 Å². The molecule has 26 heavy (non-hydrogen) atoms. The highest BCUT2D eigenvalue weighted by molar-refractivity contribution is 5.81. The minimum Gasteiger partial charge on any atom is -0.351 e. The predicted octanol–water partition coefficient (Wildman–Crippen LogP) is 2.82. The lowest BCUT2D eigenvalue weighted by molar-refractivity contribution is -0.126. The predicted molar refractivity (Wildman–Crippen MR) is 106 cm³/mol. The Bertz CT molecular complexity index is 691. The second-order valence-electron chi connectivity index (χ2n) is 7.18. The van der Waals surface area contributed by atoms with Gasteiger partial charge in [-0.15, -0.1) is 0 Å². The van der Waals surface area contributed by atoms with Gasteiger partial charge in [0.15, 0.2) is 0 Å². The molecular formula is C22H29N3O. The van der Waals surface area contributed by atoms with Gasteiger partial charge in [-0.05, 0) is 25.0 Å². The first-order valence-electron chi connectivity index (χ1n) is 9.45. The molecule has 1 aliphatic heterocycles. The molecule has 1 aliphatic rings. The number of hydrogen-bond donors (Lipinski definition) is 1. The highest BCUT2D eigenvalue weighted by atomic mass is 16.2. The van der Waals surface area contributed by atoms with E-state index in [0.29, 0.717) is 6.54 Å². The minimum atomic E-state index is -0.0840. The molecule has 4 heteroatoms. The van der Waals surface area contributed by atoms with Gasteiger partial charge in [-0.25, -0.2) is 0 Å². The first-order chi connectivity index (χ1) is 12.6. The number of rotatable bonds is 6. The molecule has 1 saturated heterocycles. The number of aryl methyl sites for hydroxylation is 1. The first-order valence-corrected chi connectivity index (χ1v) is 9.45. The number of piperazine rings is 1. The molecule has 2 aromatic carbocycles. The molecule has 1 fully saturated rings. The Balaban J connectivity index is 1.43. The highest BCUT2D eigenvalue weighted by Crippen LogP contribution is 2.11. The van der Waals surface area contributed by atoms with Crippen molar-refractivity contribution in [1.29, 1.82) is 0 Å². The number of nitrogens with one attached hydrogen (secondary N) is 1. The number of amides is 1. The van der Waals surface area contributed by atoms with Crippen LogP contribution in [0.15, 0.2) is 54.6 Å². The van der Waals surface area contributed by atoms with E-state index in [2.05, 4.69) is 76.6 Å². The molecule has 0 saturated carbocycles. The third-order valence-corrected chi connectivity index (χ3v) is 5.17. The van der Waals surface area contributed by atoms with Crippen molar-refractivity contribution in [1.82, 2.24) is 15.1 Å². The second kappa shape index (κ2) is 8.97. The maximum Gasteiger partial charge on any atom is 0.237 e. The van der Waals surface area contributed by atoms with Crippen LogP contribution in [0.2, 0.25) is 0 Å². The third kappa shape index (κ3) is 5.16. The zero-order valence-corrected chi connectivity index (χ0v) is 15.8. The van der Waals surface area contributed by atoms with Crippen molar-refractivity contribution >= 4 is 5.91 Å². The molecule has 0 aliphatic carbocycles. The Morgan fingerprint density at radius 1 is 0.962 bits per heavy atom. The molecule has 4 nitrogen and oxygen atoms in total. The van der Waals surface area contributed by atoms with Gasteiger partial charge in [0.1, 0.15) is 0 Å². The van der Waals surface area contributed by atoms with Crippen LogP contribution < -0.4 is 5.32 Å². The molecule has 0 bridgehead atoms. The van der Waals surface area contributed by atoms with E-state index < -0.39 is 0 Å². The van der Waals surface area contributed by atoms with Gasteiger partial charge in [0.25, 0.3) is 0 Å². The van der Waals surface area contributed by atoms with Gasteiger partial charge in [0, 0.05) is 39.3 Å². The van der Waals surface area contributed by atoms with Crippen molar-refractivity contribution in [3.05, 3.63) is 71.3 Å². The summed E-state index contributed by atoms with van der Waals surface area (Å²) in [6, 6.07) is 18.8. The highest BCUT2D eigenvalue weighted by Gasteiger charge is 2.25. The molecule has 1 heterocycles. The van der Waals surface area contributed by atoms with Crippen LogP contribution in [0.5, 0.6) is 0 Å². The van der Waals surface area contributed by atoms with Gasteiger partial charge in [0.05, 0.1) is 6.04 Å². The van der Waals surface area contributed by atoms with E-state index in [9.17, 15) is 4.79 Å². The van der Waals surface area contributed by atoms with Crippen LogP contribution in [0.1, 0.15) is 23.6 Å². The molecule has 1 amide bonds. The quantitative estimate of drug-likeness (QED) is 0.869. The van der Waals surface area contributed by atoms with Crippen LogP contribution in [0.3, 0.4) is 0 Å². The zero-order chi connectivity index (χ0) is 18.4. The fourth-order valence-electron chi connectivity index (χ4n) is 3.36. The molecule has 1 atom stereocenters. The van der Waals surface area contributed by atoms with Crippen molar-refractivity contribution in [3.63, 3.8) is 0 Å². The smallest absolute Gasteiger partial charge is 0.237 e. The van der Waals surface area contributed by atoms with E-state index >= 15 is 0 Å². The third-order valence-electron chi connectivity index (χ3n) is 5.17. The van der Waals surface area contributed by atoms with Crippen LogP contribution in [0.4, 0.5) is 0 Å². The molecule has 1 unspecified atom stereocenters. The van der Waals surface area contributed by atoms with Crippen LogP contribution >= 0.6 is 0 Å². The number of nitrogens with zero attached hydrogens (tertiary/aromatic N) is 2. The first kappa shape index (κ1) is 18.6.